The van der Waals surface area contributed by atoms with Gasteiger partial charge in [0.25, 0.3) is 11.5 Å². The molecule has 5 aliphatic rings. The standard InChI is InChI=1S/C60H74FN9O19/c1-4-60(81)37-25-42-48-35(27-69(42)55(76)36(37)29-86-58(60)79)47-39(12-11-33-31(2)38(61)26-40(65-48)46(33)47)66-59(80)87-28-32-10-13-43(88-57-52(74)50(72)51(73)53(89-57)56(77)78)34(24-32)54(75)64-15-14-63-45(71)30-85-44-9-7-5-6-8-41-49(44)67-68-70(41)17-19-83-21-23-84-22-20-82-18-16-62-3/h10,13,24-26,39,44,50-53,57,62,72-74,81H,4-9,11-12,14-23,27-30H2,1-3H3,(H,63,71)(H,64,75)(H,66,80)(H,77,78)/t39-,44?,50-,51-,52+,53-,57-,60-/m0/s1. The average molecular weight is 1240 g/mol. The summed E-state index contributed by atoms with van der Waals surface area (Å²) in [6.07, 6.45) is -6.76. The number of amides is 3. The molecule has 3 aliphatic heterocycles. The second kappa shape index (κ2) is 28.5. The van der Waals surface area contributed by atoms with Gasteiger partial charge in [0.1, 0.15) is 61.5 Å². The zero-order chi connectivity index (χ0) is 63.1. The Morgan fingerprint density at radius 1 is 0.876 bits per heavy atom. The number of aliphatic hydroxyl groups excluding tert-OH is 3. The van der Waals surface area contributed by atoms with Crippen LogP contribution in [0.2, 0.25) is 0 Å². The molecule has 0 saturated carbocycles. The number of carboxylic acid groups (broad SMARTS) is 1. The van der Waals surface area contributed by atoms with E-state index in [0.717, 1.165) is 37.9 Å². The zero-order valence-electron chi connectivity index (χ0n) is 49.6. The number of carboxylic acids is 1. The number of hydrogen-bond donors (Lipinski definition) is 9. The van der Waals surface area contributed by atoms with Crippen molar-refractivity contribution >= 4 is 40.7 Å². The lowest BCUT2D eigenvalue weighted by Crippen LogP contribution is -2.61. The Hall–Kier alpha value is -7.58. The molecule has 6 heterocycles. The SMILES string of the molecule is CC[C@@]1(O)C(=O)OCc2c1cc1n(c2=O)Cc2c-1nc1cc(F)c(C)c3c1c2[C@@H](NC(=O)OCc1ccc(O[C@H]2O[C@H](C(=O)O)[C@@H](O)[C@H](O)[C@H]2O)c(C(=O)NCCNC(=O)COC2CCCCCc4c2nnn4CCOCCOCCOCCNC)c1)CC3. The van der Waals surface area contributed by atoms with Crippen LogP contribution in [0.5, 0.6) is 5.75 Å². The van der Waals surface area contributed by atoms with Gasteiger partial charge >= 0.3 is 18.0 Å². The number of cyclic esters (lactones) is 1. The first-order chi connectivity index (χ1) is 42.9. The van der Waals surface area contributed by atoms with Gasteiger partial charge in [0.2, 0.25) is 12.2 Å². The quantitative estimate of drug-likeness (QED) is 0.0273. The molecule has 3 aromatic heterocycles. The molecule has 3 amide bonds. The van der Waals surface area contributed by atoms with E-state index in [1.807, 2.05) is 7.05 Å². The number of aromatic nitrogens is 5. The Balaban J connectivity index is 0.789. The maximum Gasteiger partial charge on any atom is 0.407 e. The van der Waals surface area contributed by atoms with Crippen LogP contribution in [0.4, 0.5) is 9.18 Å². The van der Waals surface area contributed by atoms with Crippen LogP contribution in [0.1, 0.15) is 118 Å². The number of aliphatic hydroxyl groups is 4. The lowest BCUT2D eigenvalue weighted by molar-refractivity contribution is -0.271. The Morgan fingerprint density at radius 2 is 1.64 bits per heavy atom. The van der Waals surface area contributed by atoms with Gasteiger partial charge in [-0.3, -0.25) is 14.4 Å². The number of esters is 1. The third kappa shape index (κ3) is 13.8. The lowest BCUT2D eigenvalue weighted by Gasteiger charge is -2.38. The molecule has 1 unspecified atom stereocenters. The van der Waals surface area contributed by atoms with E-state index in [1.165, 1.54) is 28.8 Å². The monoisotopic (exact) mass is 1240 g/mol. The van der Waals surface area contributed by atoms with Gasteiger partial charge in [-0.05, 0) is 92.9 Å². The van der Waals surface area contributed by atoms with Crippen molar-refractivity contribution in [1.82, 2.24) is 45.8 Å². The molecule has 480 valence electrons. The summed E-state index contributed by atoms with van der Waals surface area (Å²) in [5.41, 5.74) is 2.24. The Morgan fingerprint density at radius 3 is 2.40 bits per heavy atom. The second-order valence-electron chi connectivity index (χ2n) is 22.4. The third-order valence-electron chi connectivity index (χ3n) is 16.8. The van der Waals surface area contributed by atoms with Crippen molar-refractivity contribution in [2.75, 3.05) is 72.9 Å². The van der Waals surface area contributed by atoms with Crippen molar-refractivity contribution in [3.8, 4) is 17.1 Å². The zero-order valence-corrected chi connectivity index (χ0v) is 49.6. The second-order valence-corrected chi connectivity index (χ2v) is 22.4. The van der Waals surface area contributed by atoms with E-state index in [-0.39, 0.29) is 84.9 Å². The number of hydrogen-bond acceptors (Lipinski definition) is 22. The number of pyridine rings is 2. The number of nitrogens with zero attached hydrogens (tertiary/aromatic N) is 5. The number of alkyl carbamates (subject to hydrolysis) is 1. The predicted octanol–water partition coefficient (Wildman–Crippen LogP) is 1.29. The molecular formula is C60H74FN9O19. The minimum Gasteiger partial charge on any atom is -0.479 e. The van der Waals surface area contributed by atoms with Crippen LogP contribution < -0.4 is 31.6 Å². The molecule has 8 atom stereocenters. The van der Waals surface area contributed by atoms with Crippen molar-refractivity contribution in [3.63, 3.8) is 0 Å². The van der Waals surface area contributed by atoms with Crippen molar-refractivity contribution in [1.29, 1.82) is 0 Å². The molecule has 2 aromatic carbocycles. The van der Waals surface area contributed by atoms with Gasteiger partial charge in [-0.25, -0.2) is 28.4 Å². The molecule has 2 aliphatic carbocycles. The van der Waals surface area contributed by atoms with E-state index in [2.05, 4.69) is 31.6 Å². The van der Waals surface area contributed by atoms with E-state index in [9.17, 15) is 54.3 Å². The molecule has 1 saturated heterocycles. The lowest BCUT2D eigenvalue weighted by atomic mass is 9.81. The van der Waals surface area contributed by atoms with E-state index in [1.54, 1.807) is 24.6 Å². The van der Waals surface area contributed by atoms with Crippen molar-refractivity contribution in [2.45, 2.75) is 140 Å². The molecule has 9 N–H and O–H groups in total. The fourth-order valence-electron chi connectivity index (χ4n) is 12.0. The molecule has 0 radical (unpaired) electrons. The minimum absolute atomic E-state index is 0.00564. The van der Waals surface area contributed by atoms with Gasteiger partial charge in [-0.2, -0.15) is 0 Å². The van der Waals surface area contributed by atoms with Gasteiger partial charge < -0.3 is 89.3 Å². The van der Waals surface area contributed by atoms with Crippen LogP contribution in [-0.2, 0) is 92.3 Å². The maximum absolute atomic E-state index is 15.6. The first-order valence-electron chi connectivity index (χ1n) is 29.9. The summed E-state index contributed by atoms with van der Waals surface area (Å²) in [6.45, 7) is 5.95. The highest BCUT2D eigenvalue weighted by molar-refractivity contribution is 5.97. The number of ether oxygens (including phenoxy) is 8. The number of halogens is 1. The number of rotatable bonds is 26. The predicted molar refractivity (Wildman–Crippen MR) is 308 cm³/mol. The minimum atomic E-state index is -2.09. The fourth-order valence-corrected chi connectivity index (χ4v) is 12.0. The van der Waals surface area contributed by atoms with Gasteiger partial charge in [0.15, 0.2) is 11.7 Å². The number of likely N-dealkylation sites (N-methyl/N-ethyl adjacent to an activating group) is 1. The van der Waals surface area contributed by atoms with E-state index >= 15 is 4.39 Å². The third-order valence-corrected chi connectivity index (χ3v) is 16.8. The van der Waals surface area contributed by atoms with E-state index in [4.69, 9.17) is 42.9 Å². The normalized spacial score (nSPS) is 22.6. The highest BCUT2D eigenvalue weighted by Gasteiger charge is 2.49. The topological polar surface area (TPSA) is 374 Å². The van der Waals surface area contributed by atoms with Crippen LogP contribution in [0.25, 0.3) is 22.3 Å². The molecule has 1 fully saturated rings. The molecule has 0 spiro atoms. The van der Waals surface area contributed by atoms with Crippen molar-refractivity contribution in [2.24, 2.45) is 0 Å². The molecule has 5 aromatic rings. The number of carbonyl (C=O) groups is 5. The van der Waals surface area contributed by atoms with Gasteiger partial charge in [0, 0.05) is 42.2 Å². The van der Waals surface area contributed by atoms with Crippen LogP contribution in [0, 0.1) is 12.7 Å². The number of fused-ring (bicyclic) bond motifs is 6. The summed E-state index contributed by atoms with van der Waals surface area (Å²) in [4.78, 5) is 85.0. The number of aryl methyl sites for hydroxylation is 1. The van der Waals surface area contributed by atoms with Crippen molar-refractivity contribution in [3.05, 3.63) is 102 Å². The maximum atomic E-state index is 15.6. The molecule has 29 heteroatoms. The Labute approximate surface area is 509 Å². The van der Waals surface area contributed by atoms with Gasteiger partial charge in [0.05, 0.1) is 92.5 Å². The van der Waals surface area contributed by atoms with E-state index < -0.39 is 96.3 Å². The summed E-state index contributed by atoms with van der Waals surface area (Å²) >= 11 is 0. The molecule has 28 nitrogen and oxygen atoms in total. The fraction of sp³-hybridized carbons (Fsp3) is 0.550. The van der Waals surface area contributed by atoms with Crippen LogP contribution in [0.3, 0.4) is 0 Å². The summed E-state index contributed by atoms with van der Waals surface area (Å²) < 4.78 is 63.9. The Kier molecular flexibility index (Phi) is 20.6. The highest BCUT2D eigenvalue weighted by atomic mass is 19.1. The number of nitrogens with one attached hydrogen (secondary N) is 4. The van der Waals surface area contributed by atoms with Crippen LogP contribution in [-0.4, -0.2) is 184 Å². The molecule has 10 rings (SSSR count). The van der Waals surface area contributed by atoms with Crippen LogP contribution in [0.15, 0.2) is 35.1 Å². The number of benzene rings is 2. The largest absolute Gasteiger partial charge is 0.479 e. The van der Waals surface area contributed by atoms with Gasteiger partial charge in [-0.15, -0.1) is 5.10 Å². The summed E-state index contributed by atoms with van der Waals surface area (Å²) in [6, 6.07) is 6.04. The number of carbonyl (C=O) groups excluding carboxylic acids is 4. The number of aliphatic carboxylic acids is 1. The van der Waals surface area contributed by atoms with Crippen molar-refractivity contribution < 1.29 is 91.8 Å². The smallest absolute Gasteiger partial charge is 0.407 e. The molecule has 0 bridgehead atoms. The average Bonchev–Trinajstić information content (AvgIpc) is 1.63. The molecule has 89 heavy (non-hydrogen) atoms. The Bertz CT molecular complexity index is 3530. The van der Waals surface area contributed by atoms with Gasteiger partial charge in [-0.1, -0.05) is 31.0 Å². The van der Waals surface area contributed by atoms with E-state index in [0.29, 0.717) is 98.1 Å². The first-order valence-corrected chi connectivity index (χ1v) is 29.9. The first kappa shape index (κ1) is 64.4. The summed E-state index contributed by atoms with van der Waals surface area (Å²) in [5, 5.41) is 73.6. The summed E-state index contributed by atoms with van der Waals surface area (Å²) in [7, 11) is 1.86. The molecular weight excluding hydrogens is 1170 g/mol. The van der Waals surface area contributed by atoms with Crippen LogP contribution >= 0.6 is 0 Å². The summed E-state index contributed by atoms with van der Waals surface area (Å²) in [5.74, 6) is -4.62. The highest BCUT2D eigenvalue weighted by Crippen LogP contribution is 2.46.